The molecule has 0 aliphatic carbocycles. The standard InChI is InChI=1S/C4H10N2O2.Na/c1-3-4(2)6(8)5-7;/h4,7H,3H2,1-2H3;/b6-5-;. The molecule has 0 spiro atoms. The molecule has 0 aromatic rings. The van der Waals surface area contributed by atoms with E-state index in [2.05, 4.69) is 5.28 Å². The molecule has 0 bridgehead atoms. The van der Waals surface area contributed by atoms with Crippen molar-refractivity contribution in [1.29, 1.82) is 0 Å². The number of hydroxylamine groups is 1. The second kappa shape index (κ2) is 6.32. The van der Waals surface area contributed by atoms with Gasteiger partial charge in [0, 0.05) is 42.9 Å². The van der Waals surface area contributed by atoms with E-state index in [1.165, 1.54) is 0 Å². The van der Waals surface area contributed by atoms with Gasteiger partial charge in [-0.1, -0.05) is 11.8 Å². The van der Waals surface area contributed by atoms with Crippen molar-refractivity contribution in [2.75, 3.05) is 0 Å². The fraction of sp³-hybridized carbons (Fsp3) is 1.00. The molecule has 0 fully saturated rings. The van der Waals surface area contributed by atoms with Crippen LogP contribution in [0.25, 0.3) is 0 Å². The first-order valence-corrected chi connectivity index (χ1v) is 2.53. The zero-order valence-corrected chi connectivity index (χ0v) is 8.03. The maximum absolute atomic E-state index is 10.2. The van der Waals surface area contributed by atoms with Crippen molar-refractivity contribution in [2.45, 2.75) is 26.3 Å². The first-order chi connectivity index (χ1) is 3.72. The molecule has 0 aromatic heterocycles. The van der Waals surface area contributed by atoms with Crippen LogP contribution < -0.4 is 0 Å². The van der Waals surface area contributed by atoms with Gasteiger partial charge in [-0.15, -0.1) is 0 Å². The normalized spacial score (nSPS) is 14.2. The summed E-state index contributed by atoms with van der Waals surface area (Å²) in [6.45, 7) is 3.54. The van der Waals surface area contributed by atoms with E-state index in [4.69, 9.17) is 5.21 Å². The number of hydrogen-bond acceptors (Lipinski definition) is 2. The quantitative estimate of drug-likeness (QED) is 0.267. The van der Waals surface area contributed by atoms with Crippen molar-refractivity contribution in [3.8, 4) is 0 Å². The van der Waals surface area contributed by atoms with Gasteiger partial charge in [0.2, 0.25) is 0 Å². The van der Waals surface area contributed by atoms with Gasteiger partial charge >= 0.3 is 0 Å². The van der Waals surface area contributed by atoms with Crippen LogP contribution in [0.2, 0.25) is 0 Å². The van der Waals surface area contributed by atoms with Gasteiger partial charge in [0.1, 0.15) is 0 Å². The first-order valence-electron chi connectivity index (χ1n) is 2.53. The molecule has 0 aliphatic rings. The monoisotopic (exact) mass is 141 g/mol. The fourth-order valence-corrected chi connectivity index (χ4v) is 0.244. The Kier molecular flexibility index (Phi) is 8.38. The Balaban J connectivity index is 0. The smallest absolute Gasteiger partial charge is 0.197 e. The van der Waals surface area contributed by atoms with Gasteiger partial charge in [0.15, 0.2) is 11.3 Å². The van der Waals surface area contributed by atoms with E-state index in [1.54, 1.807) is 6.92 Å². The predicted octanol–water partition coefficient (Wildman–Crippen LogP) is 0.756. The van der Waals surface area contributed by atoms with Crippen molar-refractivity contribution in [2.24, 2.45) is 5.28 Å². The second-order valence-corrected chi connectivity index (χ2v) is 1.65. The average Bonchev–Trinajstić information content (AvgIpc) is 1.84. The molecule has 1 radical (unpaired) electrons. The SMILES string of the molecule is CCC(C)/[N+]([O-])=N/O.[Na]. The predicted molar refractivity (Wildman–Crippen MR) is 33.3 cm³/mol. The molecule has 0 saturated heterocycles. The van der Waals surface area contributed by atoms with E-state index in [9.17, 15) is 5.21 Å². The first kappa shape index (κ1) is 11.9. The van der Waals surface area contributed by atoms with Crippen LogP contribution in [-0.2, 0) is 0 Å². The van der Waals surface area contributed by atoms with Crippen molar-refractivity contribution < 1.29 is 10.1 Å². The van der Waals surface area contributed by atoms with Gasteiger partial charge in [-0.2, -0.15) is 0 Å². The van der Waals surface area contributed by atoms with Crippen molar-refractivity contribution in [3.63, 3.8) is 0 Å². The molecule has 0 aliphatic heterocycles. The van der Waals surface area contributed by atoms with Crippen LogP contribution in [0.3, 0.4) is 0 Å². The Morgan fingerprint density at radius 2 is 2.22 bits per heavy atom. The van der Waals surface area contributed by atoms with Crippen LogP contribution in [0.15, 0.2) is 5.28 Å². The molecule has 0 amide bonds. The van der Waals surface area contributed by atoms with Crippen molar-refractivity contribution in [3.05, 3.63) is 5.21 Å². The van der Waals surface area contributed by atoms with Crippen LogP contribution in [0.1, 0.15) is 20.3 Å². The second-order valence-electron chi connectivity index (χ2n) is 1.65. The van der Waals surface area contributed by atoms with Gasteiger partial charge in [0.05, 0.1) is 0 Å². The molecule has 5 heteroatoms. The van der Waals surface area contributed by atoms with Crippen molar-refractivity contribution >= 4 is 29.6 Å². The van der Waals surface area contributed by atoms with Crippen LogP contribution >= 0.6 is 0 Å². The van der Waals surface area contributed by atoms with E-state index in [0.29, 0.717) is 6.42 Å². The summed E-state index contributed by atoms with van der Waals surface area (Å²) in [5, 5.41) is 20.6. The maximum Gasteiger partial charge on any atom is 0.197 e. The summed E-state index contributed by atoms with van der Waals surface area (Å²) in [4.78, 5) is 0.278. The van der Waals surface area contributed by atoms with E-state index < -0.39 is 0 Å². The van der Waals surface area contributed by atoms with Gasteiger partial charge < -0.3 is 10.4 Å². The Bertz CT molecular complexity index is 96.6. The molecule has 1 N–H and O–H groups in total. The molecular formula is C4H10N2NaO2. The molecule has 9 heavy (non-hydrogen) atoms. The Labute approximate surface area is 76.4 Å². The number of hydrogen-bond donors (Lipinski definition) is 1. The minimum Gasteiger partial charge on any atom is -0.597 e. The van der Waals surface area contributed by atoms with Gasteiger partial charge in [-0.05, 0) is 0 Å². The van der Waals surface area contributed by atoms with Gasteiger partial charge in [-0.25, -0.2) is 0 Å². The molecule has 0 heterocycles. The minimum atomic E-state index is -0.222. The third-order valence-corrected chi connectivity index (χ3v) is 1.06. The molecule has 1 atom stereocenters. The van der Waals surface area contributed by atoms with Gasteiger partial charge in [-0.3, -0.25) is 0 Å². The van der Waals surface area contributed by atoms with E-state index in [-0.39, 0.29) is 40.5 Å². The average molecular weight is 141 g/mol. The van der Waals surface area contributed by atoms with Crippen LogP contribution in [0.4, 0.5) is 0 Å². The summed E-state index contributed by atoms with van der Waals surface area (Å²) in [5.74, 6) is 0. The molecule has 0 saturated carbocycles. The van der Waals surface area contributed by atoms with Crippen molar-refractivity contribution in [1.82, 2.24) is 0 Å². The molecule has 0 rings (SSSR count). The van der Waals surface area contributed by atoms with E-state index in [1.807, 2.05) is 6.92 Å². The summed E-state index contributed by atoms with van der Waals surface area (Å²) in [6, 6.07) is -0.222. The Hall–Kier alpha value is 0.200. The molecule has 4 nitrogen and oxygen atoms in total. The minimum absolute atomic E-state index is 0. The molecule has 49 valence electrons. The fourth-order valence-electron chi connectivity index (χ4n) is 0.244. The topological polar surface area (TPSA) is 58.7 Å². The third-order valence-electron chi connectivity index (χ3n) is 1.06. The van der Waals surface area contributed by atoms with Crippen LogP contribution in [-0.4, -0.2) is 45.7 Å². The summed E-state index contributed by atoms with van der Waals surface area (Å²) in [5.41, 5.74) is 0. The molecular weight excluding hydrogens is 131 g/mol. The van der Waals surface area contributed by atoms with E-state index in [0.717, 1.165) is 0 Å². The van der Waals surface area contributed by atoms with Crippen LogP contribution in [0, 0.1) is 5.21 Å². The maximum atomic E-state index is 10.2. The largest absolute Gasteiger partial charge is 0.597 e. The van der Waals surface area contributed by atoms with Crippen LogP contribution in [0.5, 0.6) is 0 Å². The number of nitrogens with zero attached hydrogens (tertiary/aromatic N) is 2. The Morgan fingerprint density at radius 1 is 1.78 bits per heavy atom. The third kappa shape index (κ3) is 4.69. The van der Waals surface area contributed by atoms with Gasteiger partial charge in [0.25, 0.3) is 0 Å². The number of rotatable bonds is 2. The molecule has 1 unspecified atom stereocenters. The Morgan fingerprint density at radius 3 is 2.33 bits per heavy atom. The van der Waals surface area contributed by atoms with E-state index >= 15 is 0 Å². The summed E-state index contributed by atoms with van der Waals surface area (Å²) in [6.07, 6.45) is 0.688. The summed E-state index contributed by atoms with van der Waals surface area (Å²) in [7, 11) is 0. The summed E-state index contributed by atoms with van der Waals surface area (Å²) >= 11 is 0. The zero-order valence-electron chi connectivity index (χ0n) is 6.03. The summed E-state index contributed by atoms with van der Waals surface area (Å²) < 4.78 is 0. The zero-order chi connectivity index (χ0) is 6.57. The molecule has 0 aromatic carbocycles.